The van der Waals surface area contributed by atoms with E-state index in [2.05, 4.69) is 5.32 Å². The predicted octanol–water partition coefficient (Wildman–Crippen LogP) is 1.84. The minimum Gasteiger partial charge on any atom is -0.480 e. The van der Waals surface area contributed by atoms with E-state index < -0.39 is 12.0 Å². The lowest BCUT2D eigenvalue weighted by atomic mass is 9.96. The lowest BCUT2D eigenvalue weighted by molar-refractivity contribution is -0.143. The number of carbonyl (C=O) groups is 3. The number of carboxylic acid groups (broad SMARTS) is 1. The maximum atomic E-state index is 12.5. The molecule has 1 aromatic carbocycles. The number of rotatable bonds is 7. The van der Waals surface area contributed by atoms with Crippen molar-refractivity contribution in [2.24, 2.45) is 5.92 Å². The Balaban J connectivity index is 1.95. The van der Waals surface area contributed by atoms with E-state index in [0.29, 0.717) is 25.9 Å². The molecule has 25 heavy (non-hydrogen) atoms. The Hall–Kier alpha value is -2.37. The van der Waals surface area contributed by atoms with E-state index in [1.165, 1.54) is 0 Å². The average molecular weight is 346 g/mol. The Morgan fingerprint density at radius 2 is 2.00 bits per heavy atom. The molecule has 6 nitrogen and oxygen atoms in total. The van der Waals surface area contributed by atoms with Crippen LogP contribution in [0, 0.1) is 5.92 Å². The number of amides is 2. The quantitative estimate of drug-likeness (QED) is 0.789. The molecule has 0 saturated carbocycles. The van der Waals surface area contributed by atoms with E-state index in [-0.39, 0.29) is 24.2 Å². The van der Waals surface area contributed by atoms with Crippen LogP contribution in [-0.4, -0.2) is 46.9 Å². The number of hydrogen-bond acceptors (Lipinski definition) is 3. The highest BCUT2D eigenvalue weighted by Crippen LogP contribution is 2.18. The van der Waals surface area contributed by atoms with Crippen LogP contribution in [0.3, 0.4) is 0 Å². The molecule has 2 amide bonds. The molecule has 1 fully saturated rings. The SMILES string of the molecule is CCCC(=O)N1CCCC(C(=O)N[C@H](Cc2ccccc2)C(=O)O)C1. The Morgan fingerprint density at radius 1 is 1.28 bits per heavy atom. The number of nitrogens with zero attached hydrogens (tertiary/aromatic N) is 1. The fourth-order valence-corrected chi connectivity index (χ4v) is 3.13. The Bertz CT molecular complexity index is 603. The van der Waals surface area contributed by atoms with Gasteiger partial charge in [0, 0.05) is 25.9 Å². The molecule has 0 spiro atoms. The maximum Gasteiger partial charge on any atom is 0.326 e. The highest BCUT2D eigenvalue weighted by molar-refractivity contribution is 5.86. The third-order valence-electron chi connectivity index (χ3n) is 4.51. The fourth-order valence-electron chi connectivity index (χ4n) is 3.13. The first-order chi connectivity index (χ1) is 12.0. The second kappa shape index (κ2) is 9.20. The molecule has 1 aromatic rings. The van der Waals surface area contributed by atoms with Crippen LogP contribution in [0.1, 0.15) is 38.2 Å². The van der Waals surface area contributed by atoms with Crippen molar-refractivity contribution in [3.05, 3.63) is 35.9 Å². The molecular formula is C19H26N2O4. The van der Waals surface area contributed by atoms with Crippen LogP contribution in [-0.2, 0) is 20.8 Å². The number of carboxylic acids is 1. The number of piperidine rings is 1. The summed E-state index contributed by atoms with van der Waals surface area (Å²) in [6.07, 6.45) is 2.96. The van der Waals surface area contributed by atoms with Crippen LogP contribution >= 0.6 is 0 Å². The van der Waals surface area contributed by atoms with Gasteiger partial charge in [0.25, 0.3) is 0 Å². The van der Waals surface area contributed by atoms with Crippen LogP contribution in [0.2, 0.25) is 0 Å². The van der Waals surface area contributed by atoms with Gasteiger partial charge in [0.05, 0.1) is 5.92 Å². The minimum absolute atomic E-state index is 0.0686. The summed E-state index contributed by atoms with van der Waals surface area (Å²) in [5.74, 6) is -1.60. The molecule has 1 unspecified atom stereocenters. The van der Waals surface area contributed by atoms with Gasteiger partial charge in [-0.1, -0.05) is 37.3 Å². The number of hydrogen-bond donors (Lipinski definition) is 2. The zero-order chi connectivity index (χ0) is 18.2. The van der Waals surface area contributed by atoms with Crippen LogP contribution in [0.4, 0.5) is 0 Å². The van der Waals surface area contributed by atoms with Crippen molar-refractivity contribution < 1.29 is 19.5 Å². The van der Waals surface area contributed by atoms with Gasteiger partial charge in [-0.05, 0) is 24.8 Å². The molecule has 0 radical (unpaired) electrons. The summed E-state index contributed by atoms with van der Waals surface area (Å²) in [6.45, 7) is 3.00. The average Bonchev–Trinajstić information content (AvgIpc) is 2.62. The van der Waals surface area contributed by atoms with E-state index in [1.807, 2.05) is 37.3 Å². The summed E-state index contributed by atoms with van der Waals surface area (Å²) in [7, 11) is 0. The van der Waals surface area contributed by atoms with Gasteiger partial charge in [0.15, 0.2) is 0 Å². The monoisotopic (exact) mass is 346 g/mol. The van der Waals surface area contributed by atoms with Gasteiger partial charge in [-0.15, -0.1) is 0 Å². The lowest BCUT2D eigenvalue weighted by Crippen LogP contribution is -2.50. The molecule has 2 N–H and O–H groups in total. The van der Waals surface area contributed by atoms with E-state index >= 15 is 0 Å². The molecule has 1 aliphatic rings. The first-order valence-corrected chi connectivity index (χ1v) is 8.86. The van der Waals surface area contributed by atoms with Gasteiger partial charge >= 0.3 is 5.97 Å². The third kappa shape index (κ3) is 5.59. The number of benzene rings is 1. The van der Waals surface area contributed by atoms with E-state index in [4.69, 9.17) is 0 Å². The van der Waals surface area contributed by atoms with Crippen molar-refractivity contribution >= 4 is 17.8 Å². The summed E-state index contributed by atoms with van der Waals surface area (Å²) < 4.78 is 0. The van der Waals surface area contributed by atoms with Crippen molar-refractivity contribution in [2.75, 3.05) is 13.1 Å². The summed E-state index contributed by atoms with van der Waals surface area (Å²) in [5, 5.41) is 12.1. The van der Waals surface area contributed by atoms with Gasteiger partial charge in [-0.2, -0.15) is 0 Å². The molecule has 2 atom stereocenters. The normalized spacial score (nSPS) is 18.4. The van der Waals surface area contributed by atoms with Crippen molar-refractivity contribution in [3.8, 4) is 0 Å². The number of likely N-dealkylation sites (tertiary alicyclic amines) is 1. The third-order valence-corrected chi connectivity index (χ3v) is 4.51. The standard InChI is InChI=1S/C19H26N2O4/c1-2-7-17(22)21-11-6-10-15(13-21)18(23)20-16(19(24)25)12-14-8-4-3-5-9-14/h3-5,8-9,15-16H,2,6-7,10-13H2,1H3,(H,20,23)(H,24,25)/t15?,16-/m1/s1. The molecular weight excluding hydrogens is 320 g/mol. The van der Waals surface area contributed by atoms with Crippen LogP contribution in [0.25, 0.3) is 0 Å². The number of aliphatic carboxylic acids is 1. The van der Waals surface area contributed by atoms with Gasteiger partial charge in [0.2, 0.25) is 11.8 Å². The summed E-state index contributed by atoms with van der Waals surface area (Å²) in [4.78, 5) is 37.8. The largest absolute Gasteiger partial charge is 0.480 e. The molecule has 1 heterocycles. The van der Waals surface area contributed by atoms with E-state index in [0.717, 1.165) is 18.4 Å². The van der Waals surface area contributed by atoms with Crippen LogP contribution < -0.4 is 5.32 Å². The summed E-state index contributed by atoms with van der Waals surface area (Å²) in [5.41, 5.74) is 0.860. The van der Waals surface area contributed by atoms with Crippen LogP contribution in [0.5, 0.6) is 0 Å². The van der Waals surface area contributed by atoms with Gasteiger partial charge in [0.1, 0.15) is 6.04 Å². The van der Waals surface area contributed by atoms with E-state index in [1.54, 1.807) is 4.90 Å². The highest BCUT2D eigenvalue weighted by atomic mass is 16.4. The second-order valence-electron chi connectivity index (χ2n) is 6.52. The molecule has 0 bridgehead atoms. The highest BCUT2D eigenvalue weighted by Gasteiger charge is 2.30. The maximum absolute atomic E-state index is 12.5. The van der Waals surface area contributed by atoms with Crippen molar-refractivity contribution in [1.29, 1.82) is 0 Å². The molecule has 1 saturated heterocycles. The zero-order valence-electron chi connectivity index (χ0n) is 14.6. The number of carbonyl (C=O) groups excluding carboxylic acids is 2. The molecule has 6 heteroatoms. The molecule has 0 aromatic heterocycles. The Kier molecular flexibility index (Phi) is 6.98. The second-order valence-corrected chi connectivity index (χ2v) is 6.52. The first-order valence-electron chi connectivity index (χ1n) is 8.86. The Morgan fingerprint density at radius 3 is 2.64 bits per heavy atom. The van der Waals surface area contributed by atoms with Crippen LogP contribution in [0.15, 0.2) is 30.3 Å². The van der Waals surface area contributed by atoms with Gasteiger partial charge in [-0.3, -0.25) is 9.59 Å². The summed E-state index contributed by atoms with van der Waals surface area (Å²) in [6, 6.07) is 8.27. The lowest BCUT2D eigenvalue weighted by Gasteiger charge is -2.32. The molecule has 136 valence electrons. The topological polar surface area (TPSA) is 86.7 Å². The van der Waals surface area contributed by atoms with Crippen molar-refractivity contribution in [2.45, 2.75) is 45.1 Å². The van der Waals surface area contributed by atoms with Gasteiger partial charge < -0.3 is 15.3 Å². The smallest absolute Gasteiger partial charge is 0.326 e. The van der Waals surface area contributed by atoms with Crippen molar-refractivity contribution in [3.63, 3.8) is 0 Å². The van der Waals surface area contributed by atoms with Crippen molar-refractivity contribution in [1.82, 2.24) is 10.2 Å². The number of nitrogens with one attached hydrogen (secondary N) is 1. The molecule has 2 rings (SSSR count). The van der Waals surface area contributed by atoms with E-state index in [9.17, 15) is 19.5 Å². The predicted molar refractivity (Wildman–Crippen MR) is 93.9 cm³/mol. The minimum atomic E-state index is -1.05. The summed E-state index contributed by atoms with van der Waals surface area (Å²) >= 11 is 0. The zero-order valence-corrected chi connectivity index (χ0v) is 14.6. The molecule has 1 aliphatic heterocycles. The Labute approximate surface area is 148 Å². The first kappa shape index (κ1) is 19.0. The molecule has 0 aliphatic carbocycles. The van der Waals surface area contributed by atoms with Gasteiger partial charge in [-0.25, -0.2) is 4.79 Å². The fraction of sp³-hybridized carbons (Fsp3) is 0.526.